The Balaban J connectivity index is 4.43. The van der Waals surface area contributed by atoms with Crippen molar-refractivity contribution in [2.75, 3.05) is 13.2 Å². The van der Waals surface area contributed by atoms with Crippen molar-refractivity contribution in [2.45, 2.75) is 245 Å². The summed E-state index contributed by atoms with van der Waals surface area (Å²) in [4.78, 5) is 37.9. The minimum atomic E-state index is -0.787. The molecule has 1 unspecified atom stereocenters. The average Bonchev–Trinajstić information content (AvgIpc) is 3.23. The fraction of sp³-hybridized carbons (Fsp3) is 0.755. The molecule has 0 amide bonds. The molecule has 0 radical (unpaired) electrons. The van der Waals surface area contributed by atoms with Crippen LogP contribution in [0.15, 0.2) is 60.8 Å². The summed E-state index contributed by atoms with van der Waals surface area (Å²) >= 11 is 0. The van der Waals surface area contributed by atoms with Crippen LogP contribution in [0.2, 0.25) is 0 Å². The van der Waals surface area contributed by atoms with Gasteiger partial charge in [0.1, 0.15) is 13.2 Å². The number of hydrogen-bond donors (Lipinski definition) is 0. The van der Waals surface area contributed by atoms with Crippen LogP contribution in [0.25, 0.3) is 0 Å². The van der Waals surface area contributed by atoms with E-state index >= 15 is 0 Å². The molecule has 0 saturated heterocycles. The molecular formula is C53H92O6. The van der Waals surface area contributed by atoms with Crippen molar-refractivity contribution in [2.24, 2.45) is 0 Å². The first kappa shape index (κ1) is 56.1. The average molecular weight is 825 g/mol. The molecule has 0 N–H and O–H groups in total. The fourth-order valence-corrected chi connectivity index (χ4v) is 6.74. The number of ether oxygens (including phenoxy) is 3. The van der Waals surface area contributed by atoms with Gasteiger partial charge in [-0.05, 0) is 103 Å². The molecule has 0 aromatic heterocycles. The van der Waals surface area contributed by atoms with E-state index in [1.165, 1.54) is 83.5 Å². The smallest absolute Gasteiger partial charge is 0.306 e. The third-order valence-corrected chi connectivity index (χ3v) is 10.5. The summed E-state index contributed by atoms with van der Waals surface area (Å²) in [6.45, 7) is 6.46. The monoisotopic (exact) mass is 825 g/mol. The molecule has 1 atom stereocenters. The first-order chi connectivity index (χ1) is 29.0. The van der Waals surface area contributed by atoms with Crippen LogP contribution in [0.4, 0.5) is 0 Å². The van der Waals surface area contributed by atoms with Gasteiger partial charge < -0.3 is 14.2 Å². The van der Waals surface area contributed by atoms with Crippen LogP contribution in [0, 0.1) is 0 Å². The van der Waals surface area contributed by atoms with Crippen LogP contribution >= 0.6 is 0 Å². The van der Waals surface area contributed by atoms with Gasteiger partial charge in [-0.1, -0.05) is 178 Å². The van der Waals surface area contributed by atoms with Gasteiger partial charge in [-0.2, -0.15) is 0 Å². The number of carbonyl (C=O) groups is 3. The summed E-state index contributed by atoms with van der Waals surface area (Å²) in [6.07, 6.45) is 57.7. The van der Waals surface area contributed by atoms with Gasteiger partial charge in [-0.3, -0.25) is 14.4 Å². The molecule has 0 aliphatic rings. The van der Waals surface area contributed by atoms with E-state index < -0.39 is 6.10 Å². The normalized spacial score (nSPS) is 12.5. The van der Waals surface area contributed by atoms with Gasteiger partial charge >= 0.3 is 17.9 Å². The number of hydrogen-bond acceptors (Lipinski definition) is 6. The standard InChI is InChI=1S/C53H92O6/c1-4-7-10-13-16-19-22-25-26-29-31-34-37-40-43-46-52(55)58-49-50(59-53(56)47-44-41-38-35-32-28-24-21-18-15-12-9-6-3)48-57-51(54)45-42-39-36-33-30-27-23-20-17-14-11-8-5-2/h7,10,16,19-21,23-26,50H,4-6,8-9,11-15,17-18,22,27-49H2,1-3H3/b10-7+,19-16+,23-20+,24-21+,26-25+. The largest absolute Gasteiger partial charge is 0.462 e. The van der Waals surface area contributed by atoms with Crippen LogP contribution < -0.4 is 0 Å². The Morgan fingerprint density at radius 2 is 0.661 bits per heavy atom. The molecule has 0 saturated carbocycles. The van der Waals surface area contributed by atoms with Crippen molar-refractivity contribution >= 4 is 17.9 Å². The molecule has 0 spiro atoms. The zero-order valence-electron chi connectivity index (χ0n) is 38.8. The minimum Gasteiger partial charge on any atom is -0.462 e. The maximum atomic E-state index is 12.8. The molecule has 6 heteroatoms. The second-order valence-electron chi connectivity index (χ2n) is 16.3. The lowest BCUT2D eigenvalue weighted by Gasteiger charge is -2.18. The second-order valence-corrected chi connectivity index (χ2v) is 16.3. The molecule has 340 valence electrons. The van der Waals surface area contributed by atoms with E-state index in [1.54, 1.807) is 0 Å². The molecule has 0 aromatic rings. The highest BCUT2D eigenvalue weighted by Crippen LogP contribution is 2.13. The van der Waals surface area contributed by atoms with E-state index in [9.17, 15) is 14.4 Å². The van der Waals surface area contributed by atoms with E-state index in [4.69, 9.17) is 14.2 Å². The number of unbranched alkanes of at least 4 members (excludes halogenated alkanes) is 23. The van der Waals surface area contributed by atoms with Crippen molar-refractivity contribution in [1.29, 1.82) is 0 Å². The van der Waals surface area contributed by atoms with Crippen LogP contribution in [-0.2, 0) is 28.6 Å². The van der Waals surface area contributed by atoms with Crippen molar-refractivity contribution < 1.29 is 28.6 Å². The maximum Gasteiger partial charge on any atom is 0.306 e. The summed E-state index contributed by atoms with van der Waals surface area (Å²) in [7, 11) is 0. The Bertz CT molecular complexity index is 1090. The van der Waals surface area contributed by atoms with Crippen LogP contribution in [0.5, 0.6) is 0 Å². The molecule has 0 aliphatic heterocycles. The molecule has 0 rings (SSSR count). The number of esters is 3. The van der Waals surface area contributed by atoms with Gasteiger partial charge in [0.15, 0.2) is 6.10 Å². The Morgan fingerprint density at radius 1 is 0.356 bits per heavy atom. The number of allylic oxidation sites excluding steroid dienone is 10. The van der Waals surface area contributed by atoms with E-state index in [1.807, 2.05) is 0 Å². The van der Waals surface area contributed by atoms with Crippen LogP contribution in [0.3, 0.4) is 0 Å². The third kappa shape index (κ3) is 46.0. The van der Waals surface area contributed by atoms with E-state index in [2.05, 4.69) is 81.5 Å². The van der Waals surface area contributed by atoms with Crippen LogP contribution in [0.1, 0.15) is 239 Å². The number of carbonyl (C=O) groups excluding carboxylic acids is 3. The van der Waals surface area contributed by atoms with E-state index in [-0.39, 0.29) is 31.1 Å². The van der Waals surface area contributed by atoms with Gasteiger partial charge in [0.2, 0.25) is 0 Å². The van der Waals surface area contributed by atoms with Gasteiger partial charge in [-0.15, -0.1) is 0 Å². The van der Waals surface area contributed by atoms with Crippen LogP contribution in [-0.4, -0.2) is 37.2 Å². The summed E-state index contributed by atoms with van der Waals surface area (Å²) in [5.41, 5.74) is 0. The fourth-order valence-electron chi connectivity index (χ4n) is 6.74. The summed E-state index contributed by atoms with van der Waals surface area (Å²) in [5, 5.41) is 0. The predicted octanol–water partition coefficient (Wildman–Crippen LogP) is 16.1. The highest BCUT2D eigenvalue weighted by Gasteiger charge is 2.19. The van der Waals surface area contributed by atoms with Crippen molar-refractivity contribution in [3.8, 4) is 0 Å². The van der Waals surface area contributed by atoms with E-state index in [0.717, 1.165) is 116 Å². The Morgan fingerprint density at radius 3 is 1.05 bits per heavy atom. The Hall–Kier alpha value is -2.89. The minimum absolute atomic E-state index is 0.0875. The van der Waals surface area contributed by atoms with Crippen molar-refractivity contribution in [3.05, 3.63) is 60.8 Å². The molecule has 0 aromatic carbocycles. The van der Waals surface area contributed by atoms with Gasteiger partial charge in [0.25, 0.3) is 0 Å². The second kappa shape index (κ2) is 47.8. The maximum absolute atomic E-state index is 12.8. The molecule has 0 bridgehead atoms. The molecule has 59 heavy (non-hydrogen) atoms. The SMILES string of the molecule is CC/C=C/C/C=C/C/C=C/CCCCCCCC(=O)OCC(COC(=O)CCCCCCC/C=C/CCCCCC)OC(=O)CCCCCCC/C=C/CCCCCC. The van der Waals surface area contributed by atoms with Gasteiger partial charge in [0.05, 0.1) is 0 Å². The predicted molar refractivity (Wildman–Crippen MR) is 251 cm³/mol. The zero-order valence-corrected chi connectivity index (χ0v) is 38.8. The molecule has 0 heterocycles. The molecule has 6 nitrogen and oxygen atoms in total. The summed E-state index contributed by atoms with van der Waals surface area (Å²) < 4.78 is 16.7. The highest BCUT2D eigenvalue weighted by atomic mass is 16.6. The van der Waals surface area contributed by atoms with Gasteiger partial charge in [-0.25, -0.2) is 0 Å². The molecule has 0 aliphatic carbocycles. The van der Waals surface area contributed by atoms with Gasteiger partial charge in [0, 0.05) is 19.3 Å². The lowest BCUT2D eigenvalue weighted by atomic mass is 10.1. The molecule has 0 fully saturated rings. The zero-order chi connectivity index (χ0) is 43.0. The lowest BCUT2D eigenvalue weighted by Crippen LogP contribution is -2.30. The molecular weight excluding hydrogens is 733 g/mol. The van der Waals surface area contributed by atoms with Crippen molar-refractivity contribution in [3.63, 3.8) is 0 Å². The quantitative estimate of drug-likeness (QED) is 0.0263. The first-order valence-electron chi connectivity index (χ1n) is 24.8. The highest BCUT2D eigenvalue weighted by molar-refractivity contribution is 5.71. The first-order valence-corrected chi connectivity index (χ1v) is 24.8. The lowest BCUT2D eigenvalue weighted by molar-refractivity contribution is -0.167. The number of rotatable bonds is 44. The summed E-state index contributed by atoms with van der Waals surface area (Å²) in [5.74, 6) is -0.921. The third-order valence-electron chi connectivity index (χ3n) is 10.5. The Kier molecular flexibility index (Phi) is 45.4. The Labute approximate surface area is 364 Å². The van der Waals surface area contributed by atoms with E-state index in [0.29, 0.717) is 19.3 Å². The summed E-state index contributed by atoms with van der Waals surface area (Å²) in [6, 6.07) is 0. The van der Waals surface area contributed by atoms with Crippen molar-refractivity contribution in [1.82, 2.24) is 0 Å². The topological polar surface area (TPSA) is 78.9 Å².